The molecule has 0 radical (unpaired) electrons. The molecule has 1 unspecified atom stereocenters. The monoisotopic (exact) mass is 504 g/mol. The molecule has 1 aliphatic rings. The number of pyridine rings is 2. The zero-order valence-corrected chi connectivity index (χ0v) is 22.3. The highest BCUT2D eigenvalue weighted by Gasteiger charge is 2.36. The van der Waals surface area contributed by atoms with E-state index in [1.807, 2.05) is 6.92 Å². The fourth-order valence-electron chi connectivity index (χ4n) is 5.41. The van der Waals surface area contributed by atoms with Crippen LogP contribution in [0.5, 0.6) is 0 Å². The average molecular weight is 505 g/mol. The van der Waals surface area contributed by atoms with Gasteiger partial charge in [-0.05, 0) is 38.8 Å². The maximum absolute atomic E-state index is 12.9. The highest BCUT2D eigenvalue weighted by atomic mass is 32.1. The van der Waals surface area contributed by atoms with Gasteiger partial charge in [0.25, 0.3) is 5.56 Å². The van der Waals surface area contributed by atoms with Crippen molar-refractivity contribution in [2.75, 3.05) is 18.0 Å². The number of aromatic nitrogens is 5. The number of hydrogen-bond acceptors (Lipinski definition) is 8. The molecule has 4 aromatic heterocycles. The van der Waals surface area contributed by atoms with Gasteiger partial charge in [0.15, 0.2) is 0 Å². The molecule has 0 spiro atoms. The van der Waals surface area contributed by atoms with Crippen molar-refractivity contribution in [2.45, 2.75) is 65.2 Å². The largest absolute Gasteiger partial charge is 0.364 e. The van der Waals surface area contributed by atoms with E-state index in [2.05, 4.69) is 53.8 Å². The molecule has 0 bridgehead atoms. The van der Waals surface area contributed by atoms with Gasteiger partial charge in [0.2, 0.25) is 0 Å². The van der Waals surface area contributed by atoms with Crippen molar-refractivity contribution in [3.05, 3.63) is 45.5 Å². The number of rotatable bonds is 6. The van der Waals surface area contributed by atoms with Crippen LogP contribution >= 0.6 is 11.3 Å². The summed E-state index contributed by atoms with van der Waals surface area (Å²) in [5.41, 5.74) is 4.35. The fraction of sp³-hybridized carbons (Fsp3) is 0.500. The van der Waals surface area contributed by atoms with Gasteiger partial charge < -0.3 is 9.47 Å². The van der Waals surface area contributed by atoms with E-state index in [4.69, 9.17) is 15.3 Å². The second-order valence-corrected chi connectivity index (χ2v) is 10.8. The van der Waals surface area contributed by atoms with Gasteiger partial charge in [-0.15, -0.1) is 0 Å². The number of aryl methyl sites for hydroxylation is 2. The molecular weight excluding hydrogens is 472 g/mol. The lowest BCUT2D eigenvalue weighted by molar-refractivity contribution is 0.0993. The molecule has 1 aliphatic heterocycles. The van der Waals surface area contributed by atoms with Crippen LogP contribution in [0.4, 0.5) is 5.69 Å². The van der Waals surface area contributed by atoms with Crippen molar-refractivity contribution < 1.29 is 0 Å². The van der Waals surface area contributed by atoms with Gasteiger partial charge in [-0.2, -0.15) is 10.4 Å². The van der Waals surface area contributed by atoms with Crippen LogP contribution in [0.1, 0.15) is 50.4 Å². The van der Waals surface area contributed by atoms with E-state index < -0.39 is 0 Å². The Labute approximate surface area is 214 Å². The summed E-state index contributed by atoms with van der Waals surface area (Å²) in [4.78, 5) is 28.3. The molecule has 10 heteroatoms. The number of nitriles is 1. The molecule has 1 saturated heterocycles. The molecular formula is C26H32N8OS. The summed E-state index contributed by atoms with van der Waals surface area (Å²) in [6, 6.07) is 8.73. The summed E-state index contributed by atoms with van der Waals surface area (Å²) >= 11 is 1.64. The highest BCUT2D eigenvalue weighted by Crippen LogP contribution is 2.34. The minimum Gasteiger partial charge on any atom is -0.364 e. The first kappa shape index (κ1) is 24.4. The standard InChI is InChI=1S/C26H32N8OS/c1-6-18-14-34(22-12-24(35)31(5)23-15-32(11-10-27)30-25(22)23)19(7-2)13-33(18)16(3)20-8-9-21-26(29-20)36-17(4)28-21/h8-9,12,15-16,18-19H,6-7,11,13-14H2,1-5H3/t16?,18-,19+/m1/s1. The van der Waals surface area contributed by atoms with Crippen molar-refractivity contribution in [1.82, 2.24) is 29.2 Å². The Balaban J connectivity index is 1.50. The lowest BCUT2D eigenvalue weighted by Crippen LogP contribution is -2.58. The summed E-state index contributed by atoms with van der Waals surface area (Å²) in [5.74, 6) is 0. The maximum atomic E-state index is 12.9. The predicted molar refractivity (Wildman–Crippen MR) is 143 cm³/mol. The molecule has 9 nitrogen and oxygen atoms in total. The smallest absolute Gasteiger partial charge is 0.252 e. The zero-order chi connectivity index (χ0) is 25.6. The minimum absolute atomic E-state index is 0.0648. The number of fused-ring (bicyclic) bond motifs is 2. The molecule has 5 rings (SSSR count). The number of piperazine rings is 1. The van der Waals surface area contributed by atoms with Crippen molar-refractivity contribution in [3.63, 3.8) is 0 Å². The highest BCUT2D eigenvalue weighted by molar-refractivity contribution is 7.18. The van der Waals surface area contributed by atoms with Crippen molar-refractivity contribution in [3.8, 4) is 6.07 Å². The van der Waals surface area contributed by atoms with Gasteiger partial charge in [0.05, 0.1) is 34.2 Å². The molecule has 4 aromatic rings. The van der Waals surface area contributed by atoms with E-state index in [1.54, 1.807) is 39.9 Å². The van der Waals surface area contributed by atoms with Gasteiger partial charge in [0.1, 0.15) is 22.4 Å². The van der Waals surface area contributed by atoms with E-state index in [0.717, 1.165) is 63.7 Å². The summed E-state index contributed by atoms with van der Waals surface area (Å²) < 4.78 is 3.23. The number of nitrogens with zero attached hydrogens (tertiary/aromatic N) is 8. The van der Waals surface area contributed by atoms with E-state index >= 15 is 0 Å². The van der Waals surface area contributed by atoms with Crippen LogP contribution < -0.4 is 10.5 Å². The normalized spacial score (nSPS) is 19.7. The third-order valence-electron chi connectivity index (χ3n) is 7.47. The van der Waals surface area contributed by atoms with Gasteiger partial charge in [0, 0.05) is 44.3 Å². The van der Waals surface area contributed by atoms with Gasteiger partial charge in [-0.1, -0.05) is 25.2 Å². The predicted octanol–water partition coefficient (Wildman–Crippen LogP) is 4.01. The Hall–Kier alpha value is -3.29. The molecule has 0 aromatic carbocycles. The summed E-state index contributed by atoms with van der Waals surface area (Å²) in [6.07, 6.45) is 3.72. The molecule has 0 amide bonds. The van der Waals surface area contributed by atoms with Gasteiger partial charge >= 0.3 is 0 Å². The van der Waals surface area contributed by atoms with Crippen LogP contribution in [-0.2, 0) is 13.6 Å². The van der Waals surface area contributed by atoms with Crippen LogP contribution in [-0.4, -0.2) is 54.4 Å². The topological polar surface area (TPSA) is 95.9 Å². The van der Waals surface area contributed by atoms with Gasteiger partial charge in [-0.25, -0.2) is 9.97 Å². The molecule has 5 heterocycles. The van der Waals surface area contributed by atoms with Crippen LogP contribution in [0.3, 0.4) is 0 Å². The van der Waals surface area contributed by atoms with Crippen LogP contribution in [0.25, 0.3) is 21.4 Å². The average Bonchev–Trinajstić information content (AvgIpc) is 3.47. The van der Waals surface area contributed by atoms with Crippen molar-refractivity contribution >= 4 is 38.4 Å². The second kappa shape index (κ2) is 9.64. The molecule has 188 valence electrons. The fourth-order valence-corrected chi connectivity index (χ4v) is 6.20. The SMILES string of the molecule is CC[C@H]1CN(C(C)c2ccc3nc(C)sc3n2)[C@H](CC)CN1c1cc(=O)n(C)c2cn(CC#N)nc12. The Morgan fingerprint density at radius 1 is 1.19 bits per heavy atom. The number of anilines is 1. The quantitative estimate of drug-likeness (QED) is 0.391. The molecule has 0 aliphatic carbocycles. The minimum atomic E-state index is -0.0648. The first-order valence-electron chi connectivity index (χ1n) is 12.5. The molecule has 1 fully saturated rings. The van der Waals surface area contributed by atoms with E-state index in [0.29, 0.717) is 6.04 Å². The third-order valence-corrected chi connectivity index (χ3v) is 8.35. The molecule has 0 saturated carbocycles. The first-order chi connectivity index (χ1) is 17.3. The molecule has 3 atom stereocenters. The lowest BCUT2D eigenvalue weighted by atomic mass is 9.98. The third kappa shape index (κ3) is 4.16. The van der Waals surface area contributed by atoms with Crippen molar-refractivity contribution in [2.24, 2.45) is 7.05 Å². The van der Waals surface area contributed by atoms with Crippen LogP contribution in [0.15, 0.2) is 29.2 Å². The zero-order valence-electron chi connectivity index (χ0n) is 21.5. The Bertz CT molecular complexity index is 1510. The van der Waals surface area contributed by atoms with Gasteiger partial charge in [-0.3, -0.25) is 14.4 Å². The second-order valence-electron chi connectivity index (χ2n) is 9.59. The Morgan fingerprint density at radius 2 is 1.97 bits per heavy atom. The maximum Gasteiger partial charge on any atom is 0.252 e. The van der Waals surface area contributed by atoms with E-state index in [-0.39, 0.29) is 24.2 Å². The van der Waals surface area contributed by atoms with Crippen molar-refractivity contribution in [1.29, 1.82) is 5.26 Å². The summed E-state index contributed by atoms with van der Waals surface area (Å²) in [6.45, 7) is 10.5. The summed E-state index contributed by atoms with van der Waals surface area (Å²) in [7, 11) is 1.76. The number of hydrogen-bond donors (Lipinski definition) is 0. The molecule has 0 N–H and O–H groups in total. The lowest BCUT2D eigenvalue weighted by Gasteiger charge is -2.49. The summed E-state index contributed by atoms with van der Waals surface area (Å²) in [5, 5.41) is 14.9. The van der Waals surface area contributed by atoms with Crippen LogP contribution in [0, 0.1) is 18.3 Å². The first-order valence-corrected chi connectivity index (χ1v) is 13.4. The van der Waals surface area contributed by atoms with E-state index in [9.17, 15) is 4.79 Å². The number of thiazole rings is 1. The van der Waals surface area contributed by atoms with Crippen LogP contribution in [0.2, 0.25) is 0 Å². The van der Waals surface area contributed by atoms with E-state index in [1.165, 1.54) is 0 Å². The Kier molecular flexibility index (Phi) is 6.53. The Morgan fingerprint density at radius 3 is 2.69 bits per heavy atom. The molecule has 36 heavy (non-hydrogen) atoms.